The lowest BCUT2D eigenvalue weighted by Crippen LogP contribution is -2.51. The van der Waals surface area contributed by atoms with Crippen LogP contribution in [0, 0.1) is 11.3 Å². The van der Waals surface area contributed by atoms with E-state index < -0.39 is 0 Å². The number of hydrogen-bond acceptors (Lipinski definition) is 3. The van der Waals surface area contributed by atoms with Gasteiger partial charge in [0.15, 0.2) is 6.29 Å². The summed E-state index contributed by atoms with van der Waals surface area (Å²) in [5.41, 5.74) is -0.271. The highest BCUT2D eigenvalue weighted by Gasteiger charge is 2.52. The first-order valence-corrected chi connectivity index (χ1v) is 4.48. The maximum atomic E-state index is 9.93. The average molecular weight is 172 g/mol. The summed E-state index contributed by atoms with van der Waals surface area (Å²) in [6.07, 6.45) is -0.435. The maximum absolute atomic E-state index is 9.93. The first kappa shape index (κ1) is 8.48. The molecule has 0 amide bonds. The first-order chi connectivity index (χ1) is 5.53. The summed E-state index contributed by atoms with van der Waals surface area (Å²) in [7, 11) is 0. The summed E-state index contributed by atoms with van der Waals surface area (Å²) in [6, 6.07) is 0. The van der Waals surface area contributed by atoms with E-state index in [-0.39, 0.29) is 29.8 Å². The van der Waals surface area contributed by atoms with Crippen LogP contribution in [0.5, 0.6) is 0 Å². The van der Waals surface area contributed by atoms with Crippen LogP contribution in [-0.4, -0.2) is 30.2 Å². The number of aliphatic hydroxyl groups is 1. The van der Waals surface area contributed by atoms with Crippen LogP contribution in [0.1, 0.15) is 20.8 Å². The van der Waals surface area contributed by atoms with Crippen molar-refractivity contribution in [1.82, 2.24) is 0 Å². The van der Waals surface area contributed by atoms with Gasteiger partial charge >= 0.3 is 0 Å². The van der Waals surface area contributed by atoms with Crippen LogP contribution in [0.3, 0.4) is 0 Å². The van der Waals surface area contributed by atoms with Crippen molar-refractivity contribution in [3.8, 4) is 0 Å². The highest BCUT2D eigenvalue weighted by Crippen LogP contribution is 2.43. The third-order valence-electron chi connectivity index (χ3n) is 3.16. The van der Waals surface area contributed by atoms with Crippen LogP contribution in [0.25, 0.3) is 0 Å². The van der Waals surface area contributed by atoms with Gasteiger partial charge in [-0.3, -0.25) is 0 Å². The molecular formula is C9H16O3. The average Bonchev–Trinajstić information content (AvgIpc) is 2.46. The van der Waals surface area contributed by atoms with E-state index >= 15 is 0 Å². The molecule has 0 aromatic carbocycles. The molecule has 2 aliphatic rings. The Morgan fingerprint density at radius 1 is 1.42 bits per heavy atom. The molecule has 2 heterocycles. The molecule has 4 atom stereocenters. The Morgan fingerprint density at radius 2 is 2.08 bits per heavy atom. The van der Waals surface area contributed by atoms with Gasteiger partial charge in [0.2, 0.25) is 0 Å². The van der Waals surface area contributed by atoms with Crippen LogP contribution in [0.4, 0.5) is 0 Å². The van der Waals surface area contributed by atoms with E-state index in [9.17, 15) is 5.11 Å². The van der Waals surface area contributed by atoms with Gasteiger partial charge in [0, 0.05) is 11.3 Å². The summed E-state index contributed by atoms with van der Waals surface area (Å²) in [5.74, 6) is 0.179. The number of ether oxygens (including phenoxy) is 2. The molecular weight excluding hydrogens is 156 g/mol. The normalized spacial score (nSPS) is 51.0. The fraction of sp³-hybridized carbons (Fsp3) is 1.00. The summed E-state index contributed by atoms with van der Waals surface area (Å²) in [5, 5.41) is 9.93. The number of rotatable bonds is 0. The van der Waals surface area contributed by atoms with Crippen molar-refractivity contribution in [2.24, 2.45) is 11.3 Å². The molecule has 0 spiro atoms. The Hall–Kier alpha value is -0.120. The lowest BCUT2D eigenvalue weighted by atomic mass is 9.76. The molecule has 2 bridgehead atoms. The van der Waals surface area contributed by atoms with Gasteiger partial charge in [0.05, 0.1) is 18.8 Å². The summed E-state index contributed by atoms with van der Waals surface area (Å²) < 4.78 is 11.1. The van der Waals surface area contributed by atoms with Crippen molar-refractivity contribution >= 4 is 0 Å². The van der Waals surface area contributed by atoms with Crippen molar-refractivity contribution in [1.29, 1.82) is 0 Å². The predicted molar refractivity (Wildman–Crippen MR) is 43.6 cm³/mol. The molecule has 2 fully saturated rings. The monoisotopic (exact) mass is 172 g/mol. The van der Waals surface area contributed by atoms with Crippen molar-refractivity contribution in [3.63, 3.8) is 0 Å². The second kappa shape index (κ2) is 2.44. The fourth-order valence-electron chi connectivity index (χ4n) is 2.11. The predicted octanol–water partition coefficient (Wildman–Crippen LogP) is 0.765. The molecule has 0 aromatic rings. The third kappa shape index (κ3) is 0.934. The van der Waals surface area contributed by atoms with Crippen LogP contribution >= 0.6 is 0 Å². The van der Waals surface area contributed by atoms with Crippen LogP contribution < -0.4 is 0 Å². The SMILES string of the molecule is C[C@H]1[C@H]2CO[C@H](O2)C(C)(C)[C@H]1O. The summed E-state index contributed by atoms with van der Waals surface area (Å²) >= 11 is 0. The van der Waals surface area contributed by atoms with Gasteiger partial charge in [-0.05, 0) is 0 Å². The maximum Gasteiger partial charge on any atom is 0.165 e. The molecule has 12 heavy (non-hydrogen) atoms. The number of fused-ring (bicyclic) bond motifs is 2. The van der Waals surface area contributed by atoms with Crippen LogP contribution in [0.15, 0.2) is 0 Å². The minimum absolute atomic E-state index is 0.0954. The Morgan fingerprint density at radius 3 is 2.75 bits per heavy atom. The molecule has 70 valence electrons. The first-order valence-electron chi connectivity index (χ1n) is 4.48. The smallest absolute Gasteiger partial charge is 0.165 e. The molecule has 0 radical (unpaired) electrons. The van der Waals surface area contributed by atoms with E-state index in [0.717, 1.165) is 0 Å². The highest BCUT2D eigenvalue weighted by atomic mass is 16.7. The van der Waals surface area contributed by atoms with E-state index in [4.69, 9.17) is 9.47 Å². The Bertz CT molecular complexity index is 190. The highest BCUT2D eigenvalue weighted by molar-refractivity contribution is 4.95. The molecule has 3 nitrogen and oxygen atoms in total. The van der Waals surface area contributed by atoms with Crippen molar-refractivity contribution in [3.05, 3.63) is 0 Å². The van der Waals surface area contributed by atoms with Gasteiger partial charge < -0.3 is 14.6 Å². The van der Waals surface area contributed by atoms with E-state index in [1.54, 1.807) is 0 Å². The van der Waals surface area contributed by atoms with Gasteiger partial charge in [0.25, 0.3) is 0 Å². The zero-order valence-corrected chi connectivity index (χ0v) is 7.78. The molecule has 2 saturated heterocycles. The van der Waals surface area contributed by atoms with Gasteiger partial charge in [0.1, 0.15) is 0 Å². The largest absolute Gasteiger partial charge is 0.392 e. The van der Waals surface area contributed by atoms with Crippen molar-refractivity contribution < 1.29 is 14.6 Å². The topological polar surface area (TPSA) is 38.7 Å². The van der Waals surface area contributed by atoms with Crippen LogP contribution in [0.2, 0.25) is 0 Å². The molecule has 2 aliphatic heterocycles. The second-order valence-corrected chi connectivity index (χ2v) is 4.47. The number of hydrogen-bond donors (Lipinski definition) is 1. The molecule has 0 aromatic heterocycles. The second-order valence-electron chi connectivity index (χ2n) is 4.47. The molecule has 3 heteroatoms. The van der Waals surface area contributed by atoms with Crippen LogP contribution in [-0.2, 0) is 9.47 Å². The molecule has 1 N–H and O–H groups in total. The van der Waals surface area contributed by atoms with Gasteiger partial charge in [-0.25, -0.2) is 0 Å². The third-order valence-corrected chi connectivity index (χ3v) is 3.16. The van der Waals surface area contributed by atoms with E-state index in [2.05, 4.69) is 0 Å². The Balaban J connectivity index is 2.26. The molecule has 0 unspecified atom stereocenters. The van der Waals surface area contributed by atoms with E-state index in [0.29, 0.717) is 6.61 Å². The van der Waals surface area contributed by atoms with E-state index in [1.165, 1.54) is 0 Å². The lowest BCUT2D eigenvalue weighted by molar-refractivity contribution is -0.219. The van der Waals surface area contributed by atoms with Gasteiger partial charge in [-0.1, -0.05) is 20.8 Å². The lowest BCUT2D eigenvalue weighted by Gasteiger charge is -2.42. The Labute approximate surface area is 72.7 Å². The van der Waals surface area contributed by atoms with Gasteiger partial charge in [-0.2, -0.15) is 0 Å². The zero-order valence-electron chi connectivity index (χ0n) is 7.78. The minimum Gasteiger partial charge on any atom is -0.392 e. The molecule has 0 aliphatic carbocycles. The van der Waals surface area contributed by atoms with Gasteiger partial charge in [-0.15, -0.1) is 0 Å². The van der Waals surface area contributed by atoms with Crippen molar-refractivity contribution in [2.75, 3.05) is 6.61 Å². The quantitative estimate of drug-likeness (QED) is 0.586. The molecule has 2 rings (SSSR count). The van der Waals surface area contributed by atoms with Crippen molar-refractivity contribution in [2.45, 2.75) is 39.3 Å². The standard InChI is InChI=1S/C9H16O3/c1-5-6-4-11-8(12-6)9(2,3)7(5)10/h5-8,10H,4H2,1-3H3/t5-,6+,7-,8+/m0/s1. The number of aliphatic hydroxyl groups excluding tert-OH is 1. The van der Waals surface area contributed by atoms with E-state index in [1.807, 2.05) is 20.8 Å². The molecule has 0 saturated carbocycles. The fourth-order valence-corrected chi connectivity index (χ4v) is 2.11. The zero-order chi connectivity index (χ0) is 8.93. The Kier molecular flexibility index (Phi) is 1.72. The summed E-state index contributed by atoms with van der Waals surface area (Å²) in [4.78, 5) is 0. The minimum atomic E-state index is -0.316. The summed E-state index contributed by atoms with van der Waals surface area (Å²) in [6.45, 7) is 6.62.